The SMILES string of the molecule is Cc1ccc2c(Nc3ccc(F)c(C)c3)nc(-c3cccnc3)nc2c1. The second-order valence-electron chi connectivity index (χ2n) is 6.25. The van der Waals surface area contributed by atoms with Crippen molar-refractivity contribution in [2.24, 2.45) is 0 Å². The van der Waals surface area contributed by atoms with Crippen LogP contribution in [0.3, 0.4) is 0 Å². The number of anilines is 2. The molecule has 0 bridgehead atoms. The van der Waals surface area contributed by atoms with Crippen LogP contribution in [0, 0.1) is 19.7 Å². The van der Waals surface area contributed by atoms with E-state index >= 15 is 0 Å². The highest BCUT2D eigenvalue weighted by molar-refractivity contribution is 5.92. The van der Waals surface area contributed by atoms with Crippen LogP contribution in [0.5, 0.6) is 0 Å². The molecule has 128 valence electrons. The summed E-state index contributed by atoms with van der Waals surface area (Å²) in [5.41, 5.74) is 4.17. The average Bonchev–Trinajstić information content (AvgIpc) is 2.65. The molecule has 0 amide bonds. The minimum Gasteiger partial charge on any atom is -0.340 e. The lowest BCUT2D eigenvalue weighted by molar-refractivity contribution is 0.619. The zero-order valence-corrected chi connectivity index (χ0v) is 14.5. The van der Waals surface area contributed by atoms with Crippen molar-refractivity contribution in [3.05, 3.63) is 77.9 Å². The van der Waals surface area contributed by atoms with Gasteiger partial charge in [0.2, 0.25) is 0 Å². The van der Waals surface area contributed by atoms with Gasteiger partial charge in [-0.2, -0.15) is 0 Å². The van der Waals surface area contributed by atoms with Crippen molar-refractivity contribution in [3.63, 3.8) is 0 Å². The Morgan fingerprint density at radius 1 is 0.962 bits per heavy atom. The molecule has 0 aliphatic carbocycles. The number of benzene rings is 2. The van der Waals surface area contributed by atoms with Crippen molar-refractivity contribution in [2.45, 2.75) is 13.8 Å². The number of aromatic nitrogens is 3. The predicted molar refractivity (Wildman–Crippen MR) is 102 cm³/mol. The molecule has 0 aliphatic heterocycles. The standard InChI is InChI=1S/C21H17FN4/c1-13-5-7-17-19(10-13)25-20(15-4-3-9-23-12-15)26-21(17)24-16-6-8-18(22)14(2)11-16/h3-12H,1-2H3,(H,24,25,26). The molecular formula is C21H17FN4. The van der Waals surface area contributed by atoms with E-state index in [2.05, 4.69) is 15.3 Å². The molecule has 0 radical (unpaired) electrons. The van der Waals surface area contributed by atoms with Gasteiger partial charge in [-0.25, -0.2) is 14.4 Å². The highest BCUT2D eigenvalue weighted by Crippen LogP contribution is 2.28. The molecule has 5 heteroatoms. The summed E-state index contributed by atoms with van der Waals surface area (Å²) >= 11 is 0. The fourth-order valence-corrected chi connectivity index (χ4v) is 2.82. The van der Waals surface area contributed by atoms with E-state index in [9.17, 15) is 4.39 Å². The summed E-state index contributed by atoms with van der Waals surface area (Å²) in [7, 11) is 0. The quantitative estimate of drug-likeness (QED) is 0.555. The van der Waals surface area contributed by atoms with E-state index < -0.39 is 0 Å². The van der Waals surface area contributed by atoms with E-state index in [1.54, 1.807) is 31.5 Å². The molecule has 2 aromatic heterocycles. The van der Waals surface area contributed by atoms with Gasteiger partial charge in [0.1, 0.15) is 11.6 Å². The minimum absolute atomic E-state index is 0.227. The van der Waals surface area contributed by atoms with Crippen LogP contribution in [0.1, 0.15) is 11.1 Å². The normalized spacial score (nSPS) is 10.9. The van der Waals surface area contributed by atoms with Gasteiger partial charge >= 0.3 is 0 Å². The Kier molecular flexibility index (Phi) is 4.05. The molecule has 0 aliphatic rings. The summed E-state index contributed by atoms with van der Waals surface area (Å²) in [4.78, 5) is 13.5. The van der Waals surface area contributed by atoms with E-state index in [0.29, 0.717) is 17.2 Å². The fraction of sp³-hybridized carbons (Fsp3) is 0.0952. The molecule has 0 fully saturated rings. The highest BCUT2D eigenvalue weighted by Gasteiger charge is 2.11. The van der Waals surface area contributed by atoms with Crippen LogP contribution in [0.25, 0.3) is 22.3 Å². The lowest BCUT2D eigenvalue weighted by Crippen LogP contribution is -2.00. The van der Waals surface area contributed by atoms with Crippen molar-refractivity contribution >= 4 is 22.4 Å². The van der Waals surface area contributed by atoms with E-state index in [-0.39, 0.29) is 5.82 Å². The van der Waals surface area contributed by atoms with Gasteiger partial charge in [0, 0.05) is 29.0 Å². The Bertz CT molecular complexity index is 1090. The Morgan fingerprint density at radius 2 is 1.85 bits per heavy atom. The fourth-order valence-electron chi connectivity index (χ4n) is 2.82. The summed E-state index contributed by atoms with van der Waals surface area (Å²) in [6.07, 6.45) is 3.46. The second-order valence-corrected chi connectivity index (χ2v) is 6.25. The lowest BCUT2D eigenvalue weighted by Gasteiger charge is -2.12. The Labute approximate surface area is 150 Å². The van der Waals surface area contributed by atoms with Crippen molar-refractivity contribution < 1.29 is 4.39 Å². The number of nitrogens with one attached hydrogen (secondary N) is 1. The van der Waals surface area contributed by atoms with Gasteiger partial charge < -0.3 is 5.32 Å². The van der Waals surface area contributed by atoms with Crippen LogP contribution in [0.4, 0.5) is 15.9 Å². The Hall–Kier alpha value is -3.34. The predicted octanol–water partition coefficient (Wildman–Crippen LogP) is 5.19. The van der Waals surface area contributed by atoms with Gasteiger partial charge in [0.15, 0.2) is 5.82 Å². The van der Waals surface area contributed by atoms with Crippen LogP contribution >= 0.6 is 0 Å². The van der Waals surface area contributed by atoms with Crippen LogP contribution in [-0.2, 0) is 0 Å². The second kappa shape index (κ2) is 6.52. The molecule has 1 N–H and O–H groups in total. The van der Waals surface area contributed by atoms with Gasteiger partial charge in [0.25, 0.3) is 0 Å². The summed E-state index contributed by atoms with van der Waals surface area (Å²) in [5.74, 6) is 1.05. The van der Waals surface area contributed by atoms with E-state index in [1.165, 1.54) is 6.07 Å². The number of hydrogen-bond acceptors (Lipinski definition) is 4. The van der Waals surface area contributed by atoms with E-state index in [4.69, 9.17) is 4.98 Å². The molecule has 4 aromatic rings. The summed E-state index contributed by atoms with van der Waals surface area (Å²) in [6.45, 7) is 3.77. The number of pyridine rings is 1. The largest absolute Gasteiger partial charge is 0.340 e. The topological polar surface area (TPSA) is 50.7 Å². The molecule has 26 heavy (non-hydrogen) atoms. The molecule has 4 rings (SSSR count). The van der Waals surface area contributed by atoms with Gasteiger partial charge in [-0.3, -0.25) is 4.98 Å². The zero-order valence-electron chi connectivity index (χ0n) is 14.5. The van der Waals surface area contributed by atoms with Gasteiger partial charge in [-0.1, -0.05) is 6.07 Å². The van der Waals surface area contributed by atoms with Crippen molar-refractivity contribution in [1.29, 1.82) is 0 Å². The van der Waals surface area contributed by atoms with Crippen LogP contribution < -0.4 is 5.32 Å². The Balaban J connectivity index is 1.87. The first-order valence-electron chi connectivity index (χ1n) is 8.32. The highest BCUT2D eigenvalue weighted by atomic mass is 19.1. The number of rotatable bonds is 3. The maximum absolute atomic E-state index is 13.6. The zero-order chi connectivity index (χ0) is 18.1. The maximum atomic E-state index is 13.6. The molecular weight excluding hydrogens is 327 g/mol. The van der Waals surface area contributed by atoms with E-state index in [1.807, 2.05) is 37.3 Å². The number of halogens is 1. The summed E-state index contributed by atoms with van der Waals surface area (Å²) in [5, 5.41) is 4.21. The molecule has 0 saturated heterocycles. The molecule has 0 unspecified atom stereocenters. The molecule has 0 saturated carbocycles. The van der Waals surface area contributed by atoms with E-state index in [0.717, 1.165) is 27.7 Å². The summed E-state index contributed by atoms with van der Waals surface area (Å²) < 4.78 is 13.6. The first-order chi connectivity index (χ1) is 12.6. The number of aryl methyl sites for hydroxylation is 2. The number of nitrogens with zero attached hydrogens (tertiary/aromatic N) is 3. The van der Waals surface area contributed by atoms with Crippen molar-refractivity contribution in [3.8, 4) is 11.4 Å². The first-order valence-corrected chi connectivity index (χ1v) is 8.32. The molecule has 2 heterocycles. The average molecular weight is 344 g/mol. The smallest absolute Gasteiger partial charge is 0.163 e. The van der Waals surface area contributed by atoms with Crippen molar-refractivity contribution in [1.82, 2.24) is 15.0 Å². The van der Waals surface area contributed by atoms with Crippen LogP contribution in [0.15, 0.2) is 60.9 Å². The van der Waals surface area contributed by atoms with Gasteiger partial charge in [-0.05, 0) is 67.4 Å². The molecule has 0 atom stereocenters. The lowest BCUT2D eigenvalue weighted by atomic mass is 10.1. The van der Waals surface area contributed by atoms with Crippen LogP contribution in [-0.4, -0.2) is 15.0 Å². The van der Waals surface area contributed by atoms with Gasteiger partial charge in [0.05, 0.1) is 5.52 Å². The number of hydrogen-bond donors (Lipinski definition) is 1. The van der Waals surface area contributed by atoms with Crippen molar-refractivity contribution in [2.75, 3.05) is 5.32 Å². The van der Waals surface area contributed by atoms with Gasteiger partial charge in [-0.15, -0.1) is 0 Å². The van der Waals surface area contributed by atoms with Crippen LogP contribution in [0.2, 0.25) is 0 Å². The third-order valence-corrected chi connectivity index (χ3v) is 4.19. The first kappa shape index (κ1) is 16.1. The third kappa shape index (κ3) is 3.11. The summed E-state index contributed by atoms with van der Waals surface area (Å²) in [6, 6.07) is 14.7. The monoisotopic (exact) mass is 344 g/mol. The molecule has 2 aromatic carbocycles. The minimum atomic E-state index is -0.227. The molecule has 4 nitrogen and oxygen atoms in total. The number of fused-ring (bicyclic) bond motifs is 1. The molecule has 0 spiro atoms. The third-order valence-electron chi connectivity index (χ3n) is 4.19. The maximum Gasteiger partial charge on any atom is 0.163 e. The Morgan fingerprint density at radius 3 is 2.62 bits per heavy atom.